The fraction of sp³-hybridized carbons (Fsp3) is 0.714. The Labute approximate surface area is 148 Å². The van der Waals surface area contributed by atoms with Crippen molar-refractivity contribution in [3.05, 3.63) is 29.8 Å². The van der Waals surface area contributed by atoms with Gasteiger partial charge in [0.2, 0.25) is 0 Å². The number of hydrogen-bond donors (Lipinski definition) is 1. The molecule has 3 rings (SSSR count). The third-order valence-corrected chi connectivity index (χ3v) is 6.17. The Morgan fingerprint density at radius 1 is 0.917 bits per heavy atom. The molecule has 1 aromatic carbocycles. The molecule has 3 heteroatoms. The Morgan fingerprint density at radius 3 is 2.17 bits per heavy atom. The Morgan fingerprint density at radius 2 is 1.54 bits per heavy atom. The molecule has 1 aliphatic carbocycles. The van der Waals surface area contributed by atoms with Crippen molar-refractivity contribution in [2.45, 2.75) is 63.5 Å². The molecule has 1 aromatic rings. The first-order valence-corrected chi connectivity index (χ1v) is 9.92. The Bertz CT molecular complexity index is 482. The van der Waals surface area contributed by atoms with Crippen molar-refractivity contribution in [3.8, 4) is 0 Å². The van der Waals surface area contributed by atoms with E-state index in [1.54, 1.807) is 0 Å². The molecule has 0 atom stereocenters. The van der Waals surface area contributed by atoms with Crippen LogP contribution in [0.3, 0.4) is 0 Å². The van der Waals surface area contributed by atoms with Gasteiger partial charge in [0.25, 0.3) is 0 Å². The van der Waals surface area contributed by atoms with E-state index in [0.717, 1.165) is 13.1 Å². The zero-order valence-corrected chi connectivity index (χ0v) is 15.7. The van der Waals surface area contributed by atoms with E-state index in [1.165, 1.54) is 75.7 Å². The van der Waals surface area contributed by atoms with E-state index in [9.17, 15) is 0 Å². The molecule has 0 amide bonds. The monoisotopic (exact) mass is 329 g/mol. The minimum Gasteiger partial charge on any atom is -0.372 e. The summed E-state index contributed by atoms with van der Waals surface area (Å²) in [7, 11) is 4.50. The van der Waals surface area contributed by atoms with Crippen molar-refractivity contribution in [2.75, 3.05) is 38.6 Å². The second-order valence-corrected chi connectivity index (χ2v) is 8.00. The zero-order chi connectivity index (χ0) is 16.8. The molecule has 0 unspecified atom stereocenters. The summed E-state index contributed by atoms with van der Waals surface area (Å²) in [6.45, 7) is 4.54. The van der Waals surface area contributed by atoms with Crippen LogP contribution < -0.4 is 10.2 Å². The van der Waals surface area contributed by atoms with Crippen molar-refractivity contribution in [1.29, 1.82) is 0 Å². The standard InChI is InChI=1S/C21H35N3/c1-23(2)21(13-5-3-6-14-21)18-22-17-19-9-11-20(12-10-19)24-15-7-4-8-16-24/h9-12,22H,3-8,13-18H2,1-2H3. The Kier molecular flexibility index (Phi) is 6.18. The first-order chi connectivity index (χ1) is 11.7. The zero-order valence-electron chi connectivity index (χ0n) is 15.7. The third-order valence-electron chi connectivity index (χ3n) is 6.17. The van der Waals surface area contributed by atoms with Gasteiger partial charge in [0, 0.05) is 37.4 Å². The first-order valence-electron chi connectivity index (χ1n) is 9.92. The molecule has 0 radical (unpaired) electrons. The summed E-state index contributed by atoms with van der Waals surface area (Å²) in [5.41, 5.74) is 3.17. The van der Waals surface area contributed by atoms with Gasteiger partial charge in [0.1, 0.15) is 0 Å². The number of piperidine rings is 1. The molecule has 2 aliphatic rings. The molecule has 1 N–H and O–H groups in total. The van der Waals surface area contributed by atoms with E-state index < -0.39 is 0 Å². The van der Waals surface area contributed by atoms with E-state index in [-0.39, 0.29) is 0 Å². The fourth-order valence-electron chi connectivity index (χ4n) is 4.41. The summed E-state index contributed by atoms with van der Waals surface area (Å²) in [5, 5.41) is 3.74. The molecule has 134 valence electrons. The lowest BCUT2D eigenvalue weighted by atomic mass is 9.80. The van der Waals surface area contributed by atoms with Gasteiger partial charge in [0.05, 0.1) is 0 Å². The Hall–Kier alpha value is -1.06. The predicted octanol–water partition coefficient (Wildman–Crippen LogP) is 4.03. The van der Waals surface area contributed by atoms with E-state index >= 15 is 0 Å². The highest BCUT2D eigenvalue weighted by Crippen LogP contribution is 2.31. The predicted molar refractivity (Wildman–Crippen MR) is 104 cm³/mol. The minimum absolute atomic E-state index is 0.367. The van der Waals surface area contributed by atoms with Gasteiger partial charge in [-0.1, -0.05) is 31.4 Å². The SMILES string of the molecule is CN(C)C1(CNCc2ccc(N3CCCCC3)cc2)CCCCC1. The summed E-state index contributed by atoms with van der Waals surface area (Å²) >= 11 is 0. The lowest BCUT2D eigenvalue weighted by Crippen LogP contribution is -2.52. The highest BCUT2D eigenvalue weighted by Gasteiger charge is 2.33. The molecular weight excluding hydrogens is 294 g/mol. The lowest BCUT2D eigenvalue weighted by molar-refractivity contribution is 0.0984. The summed E-state index contributed by atoms with van der Waals surface area (Å²) in [5.74, 6) is 0. The maximum absolute atomic E-state index is 3.74. The van der Waals surface area contributed by atoms with Gasteiger partial charge in [-0.3, -0.25) is 0 Å². The van der Waals surface area contributed by atoms with E-state index in [2.05, 4.69) is 53.5 Å². The number of anilines is 1. The summed E-state index contributed by atoms with van der Waals surface area (Å²) in [6, 6.07) is 9.23. The minimum atomic E-state index is 0.367. The van der Waals surface area contributed by atoms with Crippen LogP contribution >= 0.6 is 0 Å². The molecule has 2 fully saturated rings. The molecule has 1 saturated heterocycles. The highest BCUT2D eigenvalue weighted by atomic mass is 15.2. The summed E-state index contributed by atoms with van der Waals surface area (Å²) in [6.07, 6.45) is 10.9. The van der Waals surface area contributed by atoms with E-state index in [1.807, 2.05) is 0 Å². The lowest BCUT2D eigenvalue weighted by Gasteiger charge is -2.43. The maximum Gasteiger partial charge on any atom is 0.0366 e. The second kappa shape index (κ2) is 8.35. The number of nitrogens with zero attached hydrogens (tertiary/aromatic N) is 2. The van der Waals surface area contributed by atoms with Gasteiger partial charge in [0.15, 0.2) is 0 Å². The normalized spacial score (nSPS) is 21.2. The summed E-state index contributed by atoms with van der Waals surface area (Å²) < 4.78 is 0. The highest BCUT2D eigenvalue weighted by molar-refractivity contribution is 5.47. The van der Waals surface area contributed by atoms with Crippen LogP contribution in [0.2, 0.25) is 0 Å². The number of nitrogens with one attached hydrogen (secondary N) is 1. The van der Waals surface area contributed by atoms with Crippen LogP contribution in [-0.4, -0.2) is 44.2 Å². The number of likely N-dealkylation sites (N-methyl/N-ethyl adjacent to an activating group) is 1. The molecular formula is C21H35N3. The molecule has 1 aliphatic heterocycles. The maximum atomic E-state index is 3.74. The Balaban J connectivity index is 1.51. The van der Waals surface area contributed by atoms with Crippen molar-refractivity contribution in [1.82, 2.24) is 10.2 Å². The molecule has 1 saturated carbocycles. The number of rotatable bonds is 6. The number of hydrogen-bond acceptors (Lipinski definition) is 3. The van der Waals surface area contributed by atoms with Gasteiger partial charge in [-0.2, -0.15) is 0 Å². The van der Waals surface area contributed by atoms with Crippen LogP contribution in [0.25, 0.3) is 0 Å². The van der Waals surface area contributed by atoms with Gasteiger partial charge < -0.3 is 15.1 Å². The van der Waals surface area contributed by atoms with Crippen LogP contribution in [0.5, 0.6) is 0 Å². The molecule has 24 heavy (non-hydrogen) atoms. The average Bonchev–Trinajstić information content (AvgIpc) is 2.64. The molecule has 0 aromatic heterocycles. The van der Waals surface area contributed by atoms with Crippen molar-refractivity contribution in [2.24, 2.45) is 0 Å². The van der Waals surface area contributed by atoms with Crippen molar-refractivity contribution < 1.29 is 0 Å². The van der Waals surface area contributed by atoms with Gasteiger partial charge in [-0.25, -0.2) is 0 Å². The summed E-state index contributed by atoms with van der Waals surface area (Å²) in [4.78, 5) is 4.99. The van der Waals surface area contributed by atoms with E-state index in [0.29, 0.717) is 5.54 Å². The van der Waals surface area contributed by atoms with Crippen molar-refractivity contribution in [3.63, 3.8) is 0 Å². The quantitative estimate of drug-likeness (QED) is 0.850. The third kappa shape index (κ3) is 4.31. The van der Waals surface area contributed by atoms with Crippen LogP contribution in [0.15, 0.2) is 24.3 Å². The second-order valence-electron chi connectivity index (χ2n) is 8.00. The van der Waals surface area contributed by atoms with Gasteiger partial charge in [-0.15, -0.1) is 0 Å². The van der Waals surface area contributed by atoms with E-state index in [4.69, 9.17) is 0 Å². The van der Waals surface area contributed by atoms with Crippen molar-refractivity contribution >= 4 is 5.69 Å². The van der Waals surface area contributed by atoms with Crippen LogP contribution in [0.1, 0.15) is 56.9 Å². The largest absolute Gasteiger partial charge is 0.372 e. The first kappa shape index (κ1) is 17.8. The van der Waals surface area contributed by atoms with Gasteiger partial charge >= 0.3 is 0 Å². The molecule has 0 spiro atoms. The molecule has 0 bridgehead atoms. The molecule has 3 nitrogen and oxygen atoms in total. The van der Waals surface area contributed by atoms with Crippen LogP contribution in [0.4, 0.5) is 5.69 Å². The van der Waals surface area contributed by atoms with Crippen LogP contribution in [-0.2, 0) is 6.54 Å². The number of benzene rings is 1. The average molecular weight is 330 g/mol. The smallest absolute Gasteiger partial charge is 0.0366 e. The molecule has 1 heterocycles. The van der Waals surface area contributed by atoms with Crippen LogP contribution in [0, 0.1) is 0 Å². The topological polar surface area (TPSA) is 18.5 Å². The van der Waals surface area contributed by atoms with Gasteiger partial charge in [-0.05, 0) is 63.9 Å². The fourth-order valence-corrected chi connectivity index (χ4v) is 4.41.